The van der Waals surface area contributed by atoms with E-state index in [0.29, 0.717) is 36.0 Å². The minimum absolute atomic E-state index is 0.185. The highest BCUT2D eigenvalue weighted by Gasteiger charge is 2.04. The van der Waals surface area contributed by atoms with E-state index >= 15 is 0 Å². The first-order valence-electron chi connectivity index (χ1n) is 6.54. The van der Waals surface area contributed by atoms with Crippen LogP contribution in [0.1, 0.15) is 18.3 Å². The Morgan fingerprint density at radius 1 is 1.20 bits per heavy atom. The summed E-state index contributed by atoms with van der Waals surface area (Å²) in [6.45, 7) is 2.56. The number of benzene rings is 1. The van der Waals surface area contributed by atoms with Gasteiger partial charge in [-0.2, -0.15) is 0 Å². The fourth-order valence-corrected chi connectivity index (χ4v) is 1.85. The van der Waals surface area contributed by atoms with E-state index in [1.54, 1.807) is 18.2 Å². The van der Waals surface area contributed by atoms with Gasteiger partial charge >= 0.3 is 0 Å². The first-order chi connectivity index (χ1) is 9.72. The van der Waals surface area contributed by atoms with E-state index in [9.17, 15) is 4.39 Å². The van der Waals surface area contributed by atoms with E-state index < -0.39 is 0 Å². The molecule has 0 spiro atoms. The molecule has 1 heterocycles. The number of anilines is 2. The molecule has 0 unspecified atom stereocenters. The summed E-state index contributed by atoms with van der Waals surface area (Å²) in [4.78, 5) is 8.55. The van der Waals surface area contributed by atoms with Crippen LogP contribution >= 0.6 is 0 Å². The highest BCUT2D eigenvalue weighted by atomic mass is 19.1. The van der Waals surface area contributed by atoms with Gasteiger partial charge in [0.15, 0.2) is 0 Å². The van der Waals surface area contributed by atoms with Crippen molar-refractivity contribution in [2.75, 3.05) is 17.3 Å². The van der Waals surface area contributed by atoms with E-state index in [0.717, 1.165) is 6.42 Å². The van der Waals surface area contributed by atoms with E-state index in [1.807, 2.05) is 13.0 Å². The number of hydrogen-bond acceptors (Lipinski definition) is 5. The molecular formula is C14H18FN5. The first kappa shape index (κ1) is 14.2. The van der Waals surface area contributed by atoms with E-state index in [1.165, 1.54) is 6.07 Å². The van der Waals surface area contributed by atoms with E-state index in [-0.39, 0.29) is 5.82 Å². The fraction of sp³-hybridized carbons (Fsp3) is 0.286. The third-order valence-electron chi connectivity index (χ3n) is 2.89. The number of nitrogen functional groups attached to an aromatic ring is 1. The second-order valence-electron chi connectivity index (χ2n) is 4.32. The van der Waals surface area contributed by atoms with Gasteiger partial charge < -0.3 is 10.7 Å². The summed E-state index contributed by atoms with van der Waals surface area (Å²) in [6.07, 6.45) is 1.31. The number of nitrogens with one attached hydrogen (secondary N) is 2. The summed E-state index contributed by atoms with van der Waals surface area (Å²) in [6, 6.07) is 8.48. The smallest absolute Gasteiger partial charge is 0.145 e. The molecule has 4 N–H and O–H groups in total. The number of hydrogen-bond donors (Lipinski definition) is 3. The summed E-state index contributed by atoms with van der Waals surface area (Å²) in [5, 5.41) is 3.16. The summed E-state index contributed by atoms with van der Waals surface area (Å²) in [5.41, 5.74) is 3.19. The molecule has 1 aromatic heterocycles. The topological polar surface area (TPSA) is 75.9 Å². The lowest BCUT2D eigenvalue weighted by Crippen LogP contribution is -2.13. The van der Waals surface area contributed by atoms with Gasteiger partial charge in [-0.1, -0.05) is 25.1 Å². The Labute approximate surface area is 117 Å². The van der Waals surface area contributed by atoms with Crippen molar-refractivity contribution in [3.8, 4) is 0 Å². The Hall–Kier alpha value is -2.21. The molecule has 0 saturated carbocycles. The molecular weight excluding hydrogens is 257 g/mol. The lowest BCUT2D eigenvalue weighted by Gasteiger charge is -2.09. The highest BCUT2D eigenvalue weighted by Crippen LogP contribution is 2.12. The summed E-state index contributed by atoms with van der Waals surface area (Å²) in [7, 11) is 0. The number of halogens is 1. The Morgan fingerprint density at radius 3 is 2.65 bits per heavy atom. The molecule has 2 rings (SSSR count). The molecule has 20 heavy (non-hydrogen) atoms. The van der Waals surface area contributed by atoms with Crippen molar-refractivity contribution in [2.45, 2.75) is 19.8 Å². The first-order valence-corrected chi connectivity index (χ1v) is 6.54. The maximum Gasteiger partial charge on any atom is 0.145 e. The van der Waals surface area contributed by atoms with Crippen LogP contribution in [0.5, 0.6) is 0 Å². The van der Waals surface area contributed by atoms with Crippen LogP contribution in [0.25, 0.3) is 0 Å². The highest BCUT2D eigenvalue weighted by molar-refractivity contribution is 5.46. The Bertz CT molecular complexity index is 551. The number of aromatic nitrogens is 2. The van der Waals surface area contributed by atoms with Gasteiger partial charge in [0.05, 0.1) is 0 Å². The van der Waals surface area contributed by atoms with Gasteiger partial charge in [-0.25, -0.2) is 20.2 Å². The van der Waals surface area contributed by atoms with Crippen LogP contribution in [0.3, 0.4) is 0 Å². The Morgan fingerprint density at radius 2 is 1.95 bits per heavy atom. The quantitative estimate of drug-likeness (QED) is 0.556. The van der Waals surface area contributed by atoms with Crippen molar-refractivity contribution >= 4 is 11.6 Å². The van der Waals surface area contributed by atoms with Crippen LogP contribution < -0.4 is 16.6 Å². The molecule has 0 fully saturated rings. The third-order valence-corrected chi connectivity index (χ3v) is 2.89. The molecule has 0 aliphatic heterocycles. The average molecular weight is 275 g/mol. The van der Waals surface area contributed by atoms with Gasteiger partial charge in [0.2, 0.25) is 0 Å². The molecule has 1 aromatic carbocycles. The van der Waals surface area contributed by atoms with Gasteiger partial charge in [-0.3, -0.25) is 0 Å². The number of aryl methyl sites for hydroxylation is 1. The molecule has 0 aliphatic carbocycles. The normalized spacial score (nSPS) is 10.3. The zero-order chi connectivity index (χ0) is 14.4. The summed E-state index contributed by atoms with van der Waals surface area (Å²) in [5.74, 6) is 7.12. The second kappa shape index (κ2) is 6.81. The summed E-state index contributed by atoms with van der Waals surface area (Å²) < 4.78 is 13.5. The van der Waals surface area contributed by atoms with Crippen LogP contribution in [0.4, 0.5) is 16.0 Å². The van der Waals surface area contributed by atoms with E-state index in [4.69, 9.17) is 5.84 Å². The van der Waals surface area contributed by atoms with Crippen LogP contribution in [0, 0.1) is 5.82 Å². The zero-order valence-electron chi connectivity index (χ0n) is 11.4. The SMILES string of the molecule is CCc1nc(NN)cc(NCCc2ccccc2F)n1. The van der Waals surface area contributed by atoms with Gasteiger partial charge in [0.1, 0.15) is 23.3 Å². The number of nitrogens with two attached hydrogens (primary N) is 1. The molecule has 106 valence electrons. The lowest BCUT2D eigenvalue weighted by atomic mass is 10.1. The predicted octanol–water partition coefficient (Wildman–Crippen LogP) is 2.12. The van der Waals surface area contributed by atoms with Gasteiger partial charge in [-0.05, 0) is 18.1 Å². The van der Waals surface area contributed by atoms with Crippen molar-refractivity contribution in [3.05, 3.63) is 47.5 Å². The molecule has 0 bridgehead atoms. The zero-order valence-corrected chi connectivity index (χ0v) is 11.4. The molecule has 6 heteroatoms. The molecule has 2 aromatic rings. The maximum atomic E-state index is 13.5. The third kappa shape index (κ3) is 3.64. The van der Waals surface area contributed by atoms with Crippen molar-refractivity contribution in [1.82, 2.24) is 9.97 Å². The van der Waals surface area contributed by atoms with Crippen LogP contribution in [-0.4, -0.2) is 16.5 Å². The minimum Gasteiger partial charge on any atom is -0.370 e. The van der Waals surface area contributed by atoms with Crippen molar-refractivity contribution in [1.29, 1.82) is 0 Å². The standard InChI is InChI=1S/C14H18FN5/c1-2-12-18-13(9-14(19-12)20-16)17-8-7-10-5-3-4-6-11(10)15/h3-6,9H,2,7-8,16H2,1H3,(H2,17,18,19,20). The minimum atomic E-state index is -0.185. The second-order valence-corrected chi connectivity index (χ2v) is 4.32. The summed E-state index contributed by atoms with van der Waals surface area (Å²) >= 11 is 0. The maximum absolute atomic E-state index is 13.5. The Kier molecular flexibility index (Phi) is 4.84. The molecule has 5 nitrogen and oxygen atoms in total. The van der Waals surface area contributed by atoms with Crippen molar-refractivity contribution in [2.24, 2.45) is 5.84 Å². The molecule has 0 amide bonds. The monoisotopic (exact) mass is 275 g/mol. The average Bonchev–Trinajstić information content (AvgIpc) is 2.48. The molecule has 0 saturated heterocycles. The Balaban J connectivity index is 1.99. The predicted molar refractivity (Wildman–Crippen MR) is 77.8 cm³/mol. The molecule has 0 aliphatic rings. The van der Waals surface area contributed by atoms with Crippen LogP contribution in [0.15, 0.2) is 30.3 Å². The van der Waals surface area contributed by atoms with Crippen molar-refractivity contribution < 1.29 is 4.39 Å². The van der Waals surface area contributed by atoms with Crippen LogP contribution in [-0.2, 0) is 12.8 Å². The van der Waals surface area contributed by atoms with Gasteiger partial charge in [0, 0.05) is 19.0 Å². The van der Waals surface area contributed by atoms with Crippen molar-refractivity contribution in [3.63, 3.8) is 0 Å². The van der Waals surface area contributed by atoms with E-state index in [2.05, 4.69) is 20.7 Å². The molecule has 0 atom stereocenters. The van der Waals surface area contributed by atoms with Gasteiger partial charge in [0.25, 0.3) is 0 Å². The lowest BCUT2D eigenvalue weighted by molar-refractivity contribution is 0.610. The number of rotatable bonds is 6. The number of nitrogens with zero attached hydrogens (tertiary/aromatic N) is 2. The molecule has 0 radical (unpaired) electrons. The fourth-order valence-electron chi connectivity index (χ4n) is 1.85. The number of hydrazine groups is 1. The van der Waals surface area contributed by atoms with Crippen LogP contribution in [0.2, 0.25) is 0 Å². The largest absolute Gasteiger partial charge is 0.370 e. The van der Waals surface area contributed by atoms with Gasteiger partial charge in [-0.15, -0.1) is 0 Å².